The Labute approximate surface area is 214 Å². The van der Waals surface area contributed by atoms with E-state index in [0.717, 1.165) is 56.3 Å². The summed E-state index contributed by atoms with van der Waals surface area (Å²) >= 11 is 0. The fourth-order valence-electron chi connectivity index (χ4n) is 4.39. The van der Waals surface area contributed by atoms with E-state index in [1.807, 2.05) is 13.1 Å². The van der Waals surface area contributed by atoms with E-state index in [2.05, 4.69) is 65.0 Å². The molecule has 0 saturated carbocycles. The quantitative estimate of drug-likeness (QED) is 0.292. The molecule has 33 heavy (non-hydrogen) atoms. The number of hydrogen-bond donors (Lipinski definition) is 2. The van der Waals surface area contributed by atoms with Gasteiger partial charge in [-0.1, -0.05) is 42.5 Å². The van der Waals surface area contributed by atoms with Gasteiger partial charge in [0, 0.05) is 44.6 Å². The van der Waals surface area contributed by atoms with E-state index in [9.17, 15) is 0 Å². The maximum absolute atomic E-state index is 6.23. The van der Waals surface area contributed by atoms with Crippen molar-refractivity contribution in [2.24, 2.45) is 10.9 Å². The summed E-state index contributed by atoms with van der Waals surface area (Å²) in [6, 6.07) is 16.9. The van der Waals surface area contributed by atoms with Crippen LogP contribution in [0.3, 0.4) is 0 Å². The van der Waals surface area contributed by atoms with Gasteiger partial charge in [0.2, 0.25) is 0 Å². The lowest BCUT2D eigenvalue weighted by atomic mass is 9.89. The van der Waals surface area contributed by atoms with Gasteiger partial charge in [0.15, 0.2) is 5.96 Å². The molecule has 180 valence electrons. The van der Waals surface area contributed by atoms with Crippen LogP contribution in [0.5, 0.6) is 5.75 Å². The van der Waals surface area contributed by atoms with Gasteiger partial charge in [0.05, 0.1) is 19.3 Å². The number of nitrogens with one attached hydrogen (secondary N) is 2. The lowest BCUT2D eigenvalue weighted by Crippen LogP contribution is -2.41. The Morgan fingerprint density at radius 2 is 1.94 bits per heavy atom. The van der Waals surface area contributed by atoms with E-state index < -0.39 is 0 Å². The van der Waals surface area contributed by atoms with Crippen molar-refractivity contribution in [3.63, 3.8) is 0 Å². The summed E-state index contributed by atoms with van der Waals surface area (Å²) < 4.78 is 17.8. The predicted octanol–water partition coefficient (Wildman–Crippen LogP) is 4.61. The Morgan fingerprint density at radius 1 is 1.09 bits per heavy atom. The number of aryl methyl sites for hydroxylation is 1. The average molecular weight is 565 g/mol. The number of nitrogens with zero attached hydrogens (tertiary/aromatic N) is 1. The second-order valence-electron chi connectivity index (χ2n) is 8.63. The normalized spacial score (nSPS) is 23.0. The minimum atomic E-state index is 0. The van der Waals surface area contributed by atoms with Crippen LogP contribution in [0.2, 0.25) is 0 Å². The largest absolute Gasteiger partial charge is 0.488 e. The van der Waals surface area contributed by atoms with Crippen molar-refractivity contribution in [1.29, 1.82) is 0 Å². The smallest absolute Gasteiger partial charge is 0.191 e. The molecule has 2 N–H and O–H groups in total. The molecule has 2 aliphatic heterocycles. The monoisotopic (exact) mass is 565 g/mol. The van der Waals surface area contributed by atoms with Crippen LogP contribution in [0.1, 0.15) is 42.1 Å². The third-order valence-electron chi connectivity index (χ3n) is 6.18. The summed E-state index contributed by atoms with van der Waals surface area (Å²) in [5, 5.41) is 6.96. The van der Waals surface area contributed by atoms with E-state index in [-0.39, 0.29) is 36.2 Å². The Kier molecular flexibility index (Phi) is 10.3. The SMILES string of the molecule is CN=C(NCc1ccc(C)cc1OC1CCOC1)NCC1CCCOC1c1ccccc1.I. The molecule has 0 aliphatic carbocycles. The highest BCUT2D eigenvalue weighted by Gasteiger charge is 2.27. The van der Waals surface area contributed by atoms with Crippen LogP contribution >= 0.6 is 24.0 Å². The van der Waals surface area contributed by atoms with Gasteiger partial charge in [-0.05, 0) is 37.0 Å². The van der Waals surface area contributed by atoms with Crippen LogP contribution in [-0.4, -0.2) is 45.5 Å². The van der Waals surface area contributed by atoms with Crippen LogP contribution in [0, 0.1) is 12.8 Å². The number of hydrogen-bond acceptors (Lipinski definition) is 4. The van der Waals surface area contributed by atoms with Gasteiger partial charge in [-0.25, -0.2) is 0 Å². The van der Waals surface area contributed by atoms with Crippen LogP contribution < -0.4 is 15.4 Å². The number of rotatable bonds is 7. The van der Waals surface area contributed by atoms with Crippen molar-refractivity contribution < 1.29 is 14.2 Å². The van der Waals surface area contributed by atoms with Gasteiger partial charge in [-0.15, -0.1) is 24.0 Å². The van der Waals surface area contributed by atoms with Crippen LogP contribution in [0.4, 0.5) is 0 Å². The van der Waals surface area contributed by atoms with Crippen molar-refractivity contribution in [3.8, 4) is 5.75 Å². The first-order chi connectivity index (χ1) is 15.7. The zero-order valence-electron chi connectivity index (χ0n) is 19.6. The van der Waals surface area contributed by atoms with Gasteiger partial charge in [0.1, 0.15) is 11.9 Å². The molecule has 2 heterocycles. The maximum atomic E-state index is 6.23. The second kappa shape index (κ2) is 13.2. The molecule has 0 bridgehead atoms. The number of ether oxygens (including phenoxy) is 3. The first-order valence-electron chi connectivity index (χ1n) is 11.7. The fraction of sp³-hybridized carbons (Fsp3) is 0.500. The van der Waals surface area contributed by atoms with Crippen LogP contribution in [0.25, 0.3) is 0 Å². The molecule has 0 radical (unpaired) electrons. The molecule has 3 atom stereocenters. The molecule has 0 aromatic heterocycles. The third-order valence-corrected chi connectivity index (χ3v) is 6.18. The van der Waals surface area contributed by atoms with Crippen LogP contribution in [-0.2, 0) is 16.0 Å². The summed E-state index contributed by atoms with van der Waals surface area (Å²) in [4.78, 5) is 4.43. The molecule has 6 nitrogen and oxygen atoms in total. The fourth-order valence-corrected chi connectivity index (χ4v) is 4.39. The predicted molar refractivity (Wildman–Crippen MR) is 143 cm³/mol. The Hall–Kier alpha value is -1.84. The zero-order valence-corrected chi connectivity index (χ0v) is 21.9. The summed E-state index contributed by atoms with van der Waals surface area (Å²) in [6.07, 6.45) is 3.44. The topological polar surface area (TPSA) is 64.1 Å². The maximum Gasteiger partial charge on any atom is 0.191 e. The highest BCUT2D eigenvalue weighted by molar-refractivity contribution is 14.0. The molecule has 2 aromatic rings. The zero-order chi connectivity index (χ0) is 22.2. The molecule has 0 amide bonds. The summed E-state index contributed by atoms with van der Waals surface area (Å²) in [7, 11) is 1.81. The van der Waals surface area contributed by atoms with E-state index in [4.69, 9.17) is 14.2 Å². The van der Waals surface area contributed by atoms with Crippen molar-refractivity contribution in [1.82, 2.24) is 10.6 Å². The third kappa shape index (κ3) is 7.32. The summed E-state index contributed by atoms with van der Waals surface area (Å²) in [6.45, 7) is 5.81. The molecule has 2 aromatic carbocycles. The van der Waals surface area contributed by atoms with E-state index >= 15 is 0 Å². The Morgan fingerprint density at radius 3 is 2.70 bits per heavy atom. The highest BCUT2D eigenvalue weighted by Crippen LogP contribution is 2.33. The summed E-state index contributed by atoms with van der Waals surface area (Å²) in [5.74, 6) is 2.12. The van der Waals surface area contributed by atoms with Crippen LogP contribution in [0.15, 0.2) is 53.5 Å². The molecule has 3 unspecified atom stereocenters. The first-order valence-corrected chi connectivity index (χ1v) is 11.7. The Balaban J connectivity index is 0.00000306. The lowest BCUT2D eigenvalue weighted by molar-refractivity contribution is -0.0265. The molecule has 2 saturated heterocycles. The van der Waals surface area contributed by atoms with Crippen molar-refractivity contribution >= 4 is 29.9 Å². The molecular weight excluding hydrogens is 529 g/mol. The van der Waals surface area contributed by atoms with Gasteiger partial charge >= 0.3 is 0 Å². The van der Waals surface area contributed by atoms with Gasteiger partial charge in [-0.2, -0.15) is 0 Å². The summed E-state index contributed by atoms with van der Waals surface area (Å²) in [5.41, 5.74) is 3.56. The number of benzene rings is 2. The number of aliphatic imine (C=N–C) groups is 1. The minimum Gasteiger partial charge on any atom is -0.488 e. The van der Waals surface area contributed by atoms with Gasteiger partial charge in [0.25, 0.3) is 0 Å². The molecule has 7 heteroatoms. The number of guanidine groups is 1. The molecule has 2 fully saturated rings. The highest BCUT2D eigenvalue weighted by atomic mass is 127. The standard InChI is InChI=1S/C26H35N3O3.HI/c1-19-10-11-21(24(15-19)32-23-12-14-30-18-23)16-28-26(27-2)29-17-22-9-6-13-31-25(22)20-7-4-3-5-8-20;/h3-5,7-8,10-11,15,22-23,25H,6,9,12-14,16-18H2,1-2H3,(H2,27,28,29);1H. The average Bonchev–Trinajstić information content (AvgIpc) is 3.34. The van der Waals surface area contributed by atoms with Gasteiger partial charge in [-0.3, -0.25) is 4.99 Å². The van der Waals surface area contributed by atoms with Crippen molar-refractivity contribution in [2.75, 3.05) is 33.4 Å². The van der Waals surface area contributed by atoms with Crippen molar-refractivity contribution in [2.45, 2.75) is 44.9 Å². The molecule has 4 rings (SSSR count). The number of halogens is 1. The molecule has 0 spiro atoms. The lowest BCUT2D eigenvalue weighted by Gasteiger charge is -2.32. The minimum absolute atomic E-state index is 0. The van der Waals surface area contributed by atoms with Crippen molar-refractivity contribution in [3.05, 3.63) is 65.2 Å². The first kappa shape index (κ1) is 25.8. The molecule has 2 aliphatic rings. The van der Waals surface area contributed by atoms with E-state index in [1.165, 1.54) is 11.1 Å². The second-order valence-corrected chi connectivity index (χ2v) is 8.63. The van der Waals surface area contributed by atoms with E-state index in [0.29, 0.717) is 19.1 Å². The molecular formula is C26H36IN3O3. The van der Waals surface area contributed by atoms with Gasteiger partial charge < -0.3 is 24.8 Å². The Bertz CT molecular complexity index is 888. The van der Waals surface area contributed by atoms with E-state index in [1.54, 1.807) is 0 Å².